The second-order valence-corrected chi connectivity index (χ2v) is 11.5. The van der Waals surface area contributed by atoms with Crippen LogP contribution in [0.15, 0.2) is 0 Å². The molecule has 0 N–H and O–H groups in total. The van der Waals surface area contributed by atoms with E-state index >= 15 is 0 Å². The van der Waals surface area contributed by atoms with E-state index in [0.29, 0.717) is 0 Å². The Kier molecular flexibility index (Phi) is 18.0. The minimum atomic E-state index is -3.50. The van der Waals surface area contributed by atoms with Crippen LogP contribution in [0.5, 0.6) is 0 Å². The zero-order valence-electron chi connectivity index (χ0n) is 10.6. The van der Waals surface area contributed by atoms with Crippen LogP contribution in [0, 0.1) is 0 Å². The second-order valence-electron chi connectivity index (χ2n) is 3.73. The summed E-state index contributed by atoms with van der Waals surface area (Å²) in [5, 5.41) is 0. The molecule has 0 heterocycles. The summed E-state index contributed by atoms with van der Waals surface area (Å²) in [5.41, 5.74) is -3.50. The summed E-state index contributed by atoms with van der Waals surface area (Å²) in [5.74, 6) is 1.59. The molecule has 103 valence electrons. The summed E-state index contributed by atoms with van der Waals surface area (Å²) >= 11 is 6.15. The Labute approximate surface area is 129 Å². The monoisotopic (exact) mass is 399 g/mol. The van der Waals surface area contributed by atoms with E-state index in [9.17, 15) is 9.79 Å². The Hall–Kier alpha value is 1.96. The number of unbranched alkanes of at least 4 members (excludes halogenated alkanes) is 4. The molecule has 17 heavy (non-hydrogen) atoms. The van der Waals surface area contributed by atoms with Gasteiger partial charge in [-0.3, -0.25) is 0 Å². The molecule has 0 bridgehead atoms. The van der Waals surface area contributed by atoms with Gasteiger partial charge in [-0.1, -0.05) is 39.5 Å². The van der Waals surface area contributed by atoms with Gasteiger partial charge >= 0.3 is 27.8 Å². The van der Waals surface area contributed by atoms with E-state index in [2.05, 4.69) is 35.9 Å². The van der Waals surface area contributed by atoms with Crippen LogP contribution in [0.25, 0.3) is 0 Å². The fourth-order valence-corrected chi connectivity index (χ4v) is 6.55. The summed E-state index contributed by atoms with van der Waals surface area (Å²) < 4.78 is 0. The quantitative estimate of drug-likeness (QED) is 0.273. The van der Waals surface area contributed by atoms with Gasteiger partial charge in [0.05, 0.1) is 0 Å². The molecule has 0 aliphatic heterocycles. The molecule has 0 saturated carbocycles. The van der Waals surface area contributed by atoms with Crippen molar-refractivity contribution in [3.05, 3.63) is 0 Å². The van der Waals surface area contributed by atoms with Gasteiger partial charge in [0.1, 0.15) is 0 Å². The fourth-order valence-electron chi connectivity index (χ4n) is 1.36. The van der Waals surface area contributed by atoms with Gasteiger partial charge in [-0.15, -0.1) is 0 Å². The molecule has 0 amide bonds. The molecule has 0 saturated heterocycles. The van der Waals surface area contributed by atoms with Crippen molar-refractivity contribution in [3.8, 4) is 0 Å². The Morgan fingerprint density at radius 3 is 1.59 bits per heavy atom. The third kappa shape index (κ3) is 14.2. The summed E-state index contributed by atoms with van der Waals surface area (Å²) in [4.78, 5) is 22.7. The summed E-state index contributed by atoms with van der Waals surface area (Å²) in [6.45, 7) is 4.25. The predicted octanol–water partition coefficient (Wildman–Crippen LogP) is 2.58. The first-order valence-corrected chi connectivity index (χ1v) is 13.5. The van der Waals surface area contributed by atoms with E-state index in [0.717, 1.165) is 50.0 Å². The Bertz CT molecular complexity index is 213. The first kappa shape index (κ1) is 21.3. The van der Waals surface area contributed by atoms with Gasteiger partial charge in [0.25, 0.3) is 0 Å². The molecule has 0 aliphatic rings. The molecule has 0 spiro atoms. The average molecular weight is 397 g/mol. The van der Waals surface area contributed by atoms with Gasteiger partial charge in [-0.05, 0) is 24.3 Å². The van der Waals surface area contributed by atoms with E-state index < -0.39 is 15.8 Å². The first-order chi connectivity index (χ1) is 8.02. The molecule has 0 unspecified atom stereocenters. The Morgan fingerprint density at radius 2 is 1.35 bits per heavy atom. The molecule has 0 atom stereocenters. The zero-order valence-corrected chi connectivity index (χ0v) is 15.9. The van der Waals surface area contributed by atoms with Crippen molar-refractivity contribution in [1.29, 1.82) is 0 Å². The van der Waals surface area contributed by atoms with Gasteiger partial charge in [0.2, 0.25) is 0 Å². The molecule has 7 heteroatoms. The molecular weight excluding hydrogens is 375 g/mol. The molecular formula is C10H22MoO2PS3. The summed E-state index contributed by atoms with van der Waals surface area (Å²) in [7, 11) is 3.56. The van der Waals surface area contributed by atoms with Crippen LogP contribution in [0.2, 0.25) is 0 Å². The molecule has 2 nitrogen and oxygen atoms in total. The number of hydrogen-bond donors (Lipinski definition) is 0. The van der Waals surface area contributed by atoms with Crippen molar-refractivity contribution in [1.82, 2.24) is 0 Å². The van der Waals surface area contributed by atoms with E-state index in [4.69, 9.17) is 0 Å². The van der Waals surface area contributed by atoms with Crippen LogP contribution in [0.4, 0.5) is 0 Å². The van der Waals surface area contributed by atoms with Gasteiger partial charge in [-0.2, -0.15) is 0 Å². The minimum absolute atomic E-state index is 0.530. The van der Waals surface area contributed by atoms with Crippen molar-refractivity contribution in [2.24, 2.45) is 0 Å². The van der Waals surface area contributed by atoms with E-state index in [-0.39, 0.29) is 0 Å². The Morgan fingerprint density at radius 1 is 1.00 bits per heavy atom. The molecule has 0 fully saturated rings. The number of rotatable bonds is 8. The SMILES string of the molecule is CCCCCS(CCCCC)=P([O-])([O-])[S-].[S]=[Mo+3]. The predicted molar refractivity (Wildman–Crippen MR) is 78.0 cm³/mol. The van der Waals surface area contributed by atoms with Crippen molar-refractivity contribution < 1.29 is 27.8 Å². The molecule has 0 aromatic rings. The second kappa shape index (κ2) is 14.4. The van der Waals surface area contributed by atoms with E-state index in [1.165, 1.54) is 18.0 Å². The first-order valence-electron chi connectivity index (χ1n) is 5.89. The molecule has 0 aromatic heterocycles. The third-order valence-electron chi connectivity index (χ3n) is 2.28. The summed E-state index contributed by atoms with van der Waals surface area (Å²) in [6, 6.07) is 0. The topological polar surface area (TPSA) is 46.1 Å². The van der Waals surface area contributed by atoms with Gasteiger partial charge < -0.3 is 27.7 Å². The van der Waals surface area contributed by atoms with Crippen LogP contribution in [-0.4, -0.2) is 11.5 Å². The van der Waals surface area contributed by atoms with Crippen LogP contribution in [0.3, 0.4) is 0 Å². The number of hydrogen-bond acceptors (Lipinski definition) is 4. The normalized spacial score (nSPS) is 11.3. The standard InChI is InChI=1S/C10H22O2PS2.Mo.S/c1-3-5-7-9-15(13(11,12)14)10-8-6-4-2;;/h3-10H2,1-2H3;;/q-3;+3;. The average Bonchev–Trinajstić information content (AvgIpc) is 2.29. The maximum absolute atomic E-state index is 11.4. The third-order valence-corrected chi connectivity index (χ3v) is 9.33. The molecule has 0 aromatic carbocycles. The fraction of sp³-hybridized carbons (Fsp3) is 1.00. The van der Waals surface area contributed by atoms with Gasteiger partial charge in [0.15, 0.2) is 0 Å². The zero-order chi connectivity index (χ0) is 13.7. The molecule has 0 rings (SSSR count). The van der Waals surface area contributed by atoms with Crippen LogP contribution in [0.1, 0.15) is 52.4 Å². The van der Waals surface area contributed by atoms with Crippen molar-refractivity contribution >= 4 is 37.8 Å². The van der Waals surface area contributed by atoms with E-state index in [1.807, 2.05) is 0 Å². The maximum atomic E-state index is 11.4. The van der Waals surface area contributed by atoms with Gasteiger partial charge in [-0.25, -0.2) is 10.1 Å². The molecule has 0 radical (unpaired) electrons. The molecule has 0 aliphatic carbocycles. The van der Waals surface area contributed by atoms with E-state index in [1.54, 1.807) is 0 Å². The van der Waals surface area contributed by atoms with Crippen LogP contribution >= 0.6 is 15.5 Å². The van der Waals surface area contributed by atoms with Crippen molar-refractivity contribution in [2.75, 3.05) is 11.5 Å². The van der Waals surface area contributed by atoms with Gasteiger partial charge in [0, 0.05) is 0 Å². The van der Waals surface area contributed by atoms with Crippen molar-refractivity contribution in [2.45, 2.75) is 52.4 Å². The van der Waals surface area contributed by atoms with Crippen LogP contribution in [-0.2, 0) is 40.3 Å². The van der Waals surface area contributed by atoms with Crippen molar-refractivity contribution in [3.63, 3.8) is 0 Å². The van der Waals surface area contributed by atoms with Crippen LogP contribution < -0.4 is 9.79 Å². The summed E-state index contributed by atoms with van der Waals surface area (Å²) in [6.07, 6.45) is 6.52. The Balaban J connectivity index is 0.